The third kappa shape index (κ3) is 4.47. The van der Waals surface area contributed by atoms with Crippen molar-refractivity contribution in [3.05, 3.63) is 83.3 Å². The zero-order chi connectivity index (χ0) is 20.4. The number of rotatable bonds is 7. The maximum Gasteiger partial charge on any atom is 0.240 e. The summed E-state index contributed by atoms with van der Waals surface area (Å²) < 4.78 is 59.0. The van der Waals surface area contributed by atoms with Gasteiger partial charge in [0.25, 0.3) is 0 Å². The van der Waals surface area contributed by atoms with Crippen LogP contribution < -0.4 is 4.72 Å². The van der Waals surface area contributed by atoms with Gasteiger partial charge in [-0.1, -0.05) is 29.3 Å². The molecule has 0 radical (unpaired) electrons. The summed E-state index contributed by atoms with van der Waals surface area (Å²) in [4.78, 5) is 0.0769. The van der Waals surface area contributed by atoms with Gasteiger partial charge < -0.3 is 4.42 Å². The Hall–Kier alpha value is -2.13. The quantitative estimate of drug-likeness (QED) is 0.605. The number of aryl methyl sites for hydroxylation is 1. The number of halogens is 1. The largest absolute Gasteiger partial charge is 0.468 e. The fourth-order valence-electron chi connectivity index (χ4n) is 2.61. The first kappa shape index (κ1) is 20.6. The molecule has 0 unspecified atom stereocenters. The van der Waals surface area contributed by atoms with Crippen molar-refractivity contribution in [3.8, 4) is 0 Å². The van der Waals surface area contributed by atoms with Crippen molar-refractivity contribution in [2.45, 2.75) is 22.0 Å². The molecule has 0 aliphatic rings. The average molecular weight is 440 g/mol. The van der Waals surface area contributed by atoms with E-state index in [9.17, 15) is 16.8 Å². The van der Waals surface area contributed by atoms with E-state index in [4.69, 9.17) is 16.0 Å². The zero-order valence-corrected chi connectivity index (χ0v) is 17.3. The van der Waals surface area contributed by atoms with Crippen LogP contribution in [0.4, 0.5) is 0 Å². The van der Waals surface area contributed by atoms with E-state index in [1.54, 1.807) is 18.2 Å². The summed E-state index contributed by atoms with van der Waals surface area (Å²) in [5.74, 6) is 0.152. The molecule has 0 aliphatic heterocycles. The Balaban J connectivity index is 1.91. The van der Waals surface area contributed by atoms with Crippen LogP contribution in [-0.4, -0.2) is 23.4 Å². The summed E-state index contributed by atoms with van der Waals surface area (Å²) in [7, 11) is -7.82. The molecule has 28 heavy (non-hydrogen) atoms. The SMILES string of the molecule is Cc1ccc(S(=O)(=O)[C@H](CNS(=O)(=O)c2ccc(Cl)cc2)c2ccco2)cc1. The Morgan fingerprint density at radius 2 is 1.54 bits per heavy atom. The molecule has 1 N–H and O–H groups in total. The molecule has 1 atom stereocenters. The first-order valence-corrected chi connectivity index (χ1v) is 11.7. The lowest BCUT2D eigenvalue weighted by Gasteiger charge is -2.17. The van der Waals surface area contributed by atoms with Gasteiger partial charge in [0.2, 0.25) is 10.0 Å². The summed E-state index contributed by atoms with van der Waals surface area (Å²) in [6.45, 7) is 1.47. The first-order valence-electron chi connectivity index (χ1n) is 8.29. The summed E-state index contributed by atoms with van der Waals surface area (Å²) in [5.41, 5.74) is 0.914. The van der Waals surface area contributed by atoms with Crippen molar-refractivity contribution in [2.24, 2.45) is 0 Å². The van der Waals surface area contributed by atoms with E-state index in [2.05, 4.69) is 4.72 Å². The van der Waals surface area contributed by atoms with Gasteiger partial charge in [0.1, 0.15) is 11.0 Å². The van der Waals surface area contributed by atoms with E-state index in [1.165, 1.54) is 48.7 Å². The Labute approximate surface area is 169 Å². The molecule has 2 aromatic carbocycles. The van der Waals surface area contributed by atoms with Crippen LogP contribution in [0.3, 0.4) is 0 Å². The lowest BCUT2D eigenvalue weighted by atomic mass is 10.2. The summed E-state index contributed by atoms with van der Waals surface area (Å²) in [5, 5.41) is -0.818. The van der Waals surface area contributed by atoms with Gasteiger partial charge in [0.15, 0.2) is 9.84 Å². The van der Waals surface area contributed by atoms with Crippen molar-refractivity contribution in [3.63, 3.8) is 0 Å². The molecular weight excluding hydrogens is 422 g/mol. The van der Waals surface area contributed by atoms with Gasteiger partial charge in [-0.3, -0.25) is 0 Å². The molecule has 0 fully saturated rings. The van der Waals surface area contributed by atoms with Gasteiger partial charge in [-0.2, -0.15) is 0 Å². The van der Waals surface area contributed by atoms with E-state index in [0.29, 0.717) is 5.02 Å². The fraction of sp³-hybridized carbons (Fsp3) is 0.158. The number of benzene rings is 2. The topological polar surface area (TPSA) is 93.5 Å². The smallest absolute Gasteiger partial charge is 0.240 e. The maximum absolute atomic E-state index is 13.1. The number of hydrogen-bond donors (Lipinski definition) is 1. The second-order valence-electron chi connectivity index (χ2n) is 6.17. The van der Waals surface area contributed by atoms with E-state index in [-0.39, 0.29) is 22.1 Å². The highest BCUT2D eigenvalue weighted by Crippen LogP contribution is 2.29. The van der Waals surface area contributed by atoms with Crippen molar-refractivity contribution >= 4 is 31.5 Å². The van der Waals surface area contributed by atoms with Crippen molar-refractivity contribution in [1.29, 1.82) is 0 Å². The Morgan fingerprint density at radius 1 is 0.929 bits per heavy atom. The van der Waals surface area contributed by atoms with Crippen LogP contribution in [0.2, 0.25) is 5.02 Å². The van der Waals surface area contributed by atoms with Crippen LogP contribution in [0.5, 0.6) is 0 Å². The molecular formula is C19H18ClNO5S2. The second kappa shape index (κ2) is 8.08. The fourth-order valence-corrected chi connectivity index (χ4v) is 5.48. The van der Waals surface area contributed by atoms with E-state index >= 15 is 0 Å². The van der Waals surface area contributed by atoms with Crippen LogP contribution in [0.1, 0.15) is 16.6 Å². The molecule has 3 aromatic rings. The van der Waals surface area contributed by atoms with Gasteiger partial charge in [0.05, 0.1) is 16.1 Å². The number of sulfone groups is 1. The van der Waals surface area contributed by atoms with Gasteiger partial charge >= 0.3 is 0 Å². The highest BCUT2D eigenvalue weighted by atomic mass is 35.5. The number of hydrogen-bond acceptors (Lipinski definition) is 5. The summed E-state index contributed by atoms with van der Waals surface area (Å²) >= 11 is 5.79. The van der Waals surface area contributed by atoms with E-state index < -0.39 is 25.1 Å². The van der Waals surface area contributed by atoms with Crippen molar-refractivity contribution in [2.75, 3.05) is 6.54 Å². The molecule has 3 rings (SSSR count). The molecule has 0 bridgehead atoms. The van der Waals surface area contributed by atoms with Gasteiger partial charge in [-0.25, -0.2) is 21.6 Å². The third-order valence-electron chi connectivity index (χ3n) is 4.17. The van der Waals surface area contributed by atoms with Crippen LogP contribution >= 0.6 is 11.6 Å². The standard InChI is InChI=1S/C19H18ClNO5S2/c1-14-4-8-16(9-5-14)27(22,23)19(18-3-2-12-26-18)13-21-28(24,25)17-10-6-15(20)7-11-17/h2-12,19,21H,13H2,1H3/t19-/m1/s1. The Kier molecular flexibility index (Phi) is 5.95. The Bertz CT molecular complexity index is 1140. The van der Waals surface area contributed by atoms with Crippen molar-refractivity contribution < 1.29 is 21.3 Å². The third-order valence-corrected chi connectivity index (χ3v) is 7.94. The minimum Gasteiger partial charge on any atom is -0.468 e. The number of sulfonamides is 1. The lowest BCUT2D eigenvalue weighted by molar-refractivity contribution is 0.486. The maximum atomic E-state index is 13.1. The number of furan rings is 1. The minimum absolute atomic E-state index is 0.0113. The summed E-state index contributed by atoms with van der Waals surface area (Å²) in [6.07, 6.45) is 1.35. The lowest BCUT2D eigenvalue weighted by Crippen LogP contribution is -2.31. The molecule has 1 heterocycles. The predicted octanol–water partition coefficient (Wildman–Crippen LogP) is 3.73. The van der Waals surface area contributed by atoms with Gasteiger partial charge in [0, 0.05) is 11.6 Å². The normalized spacial score (nSPS) is 13.4. The van der Waals surface area contributed by atoms with Crippen LogP contribution in [0.15, 0.2) is 81.1 Å². The van der Waals surface area contributed by atoms with E-state index in [1.807, 2.05) is 6.92 Å². The van der Waals surface area contributed by atoms with Gasteiger partial charge in [-0.15, -0.1) is 0 Å². The predicted molar refractivity (Wildman–Crippen MR) is 106 cm³/mol. The van der Waals surface area contributed by atoms with Crippen LogP contribution in [0, 0.1) is 6.92 Å². The van der Waals surface area contributed by atoms with Gasteiger partial charge in [-0.05, 0) is 55.5 Å². The zero-order valence-electron chi connectivity index (χ0n) is 14.9. The molecule has 0 aliphatic carbocycles. The molecule has 148 valence electrons. The highest BCUT2D eigenvalue weighted by molar-refractivity contribution is 7.92. The number of nitrogens with one attached hydrogen (secondary N) is 1. The molecule has 1 aromatic heterocycles. The monoisotopic (exact) mass is 439 g/mol. The molecule has 0 spiro atoms. The van der Waals surface area contributed by atoms with Crippen LogP contribution in [0.25, 0.3) is 0 Å². The molecule has 9 heteroatoms. The summed E-state index contributed by atoms with van der Waals surface area (Å²) in [6, 6.07) is 15.0. The first-order chi connectivity index (χ1) is 13.2. The van der Waals surface area contributed by atoms with Crippen molar-refractivity contribution in [1.82, 2.24) is 4.72 Å². The molecule has 6 nitrogen and oxygen atoms in total. The second-order valence-corrected chi connectivity index (χ2v) is 10.5. The molecule has 0 amide bonds. The average Bonchev–Trinajstić information content (AvgIpc) is 3.16. The molecule has 0 saturated heterocycles. The van der Waals surface area contributed by atoms with Crippen LogP contribution in [-0.2, 0) is 19.9 Å². The minimum atomic E-state index is -3.93. The highest BCUT2D eigenvalue weighted by Gasteiger charge is 2.32. The molecule has 0 saturated carbocycles. The van der Waals surface area contributed by atoms with E-state index in [0.717, 1.165) is 5.56 Å². The Morgan fingerprint density at radius 3 is 2.11 bits per heavy atom.